The minimum atomic E-state index is -3.58. The van der Waals surface area contributed by atoms with Gasteiger partial charge in [0.1, 0.15) is 5.82 Å². The van der Waals surface area contributed by atoms with Gasteiger partial charge in [-0.2, -0.15) is 0 Å². The molecule has 5 nitrogen and oxygen atoms in total. The smallest absolute Gasteiger partial charge is 0.240 e. The molecule has 1 N–H and O–H groups in total. The number of nitrogens with one attached hydrogen (secondary N) is 1. The second-order valence-corrected chi connectivity index (χ2v) is 8.70. The number of fused-ring (bicyclic) bond motifs is 1. The third-order valence-electron chi connectivity index (χ3n) is 4.97. The van der Waals surface area contributed by atoms with Crippen LogP contribution in [0.25, 0.3) is 5.69 Å². The van der Waals surface area contributed by atoms with Crippen molar-refractivity contribution in [2.24, 2.45) is 0 Å². The van der Waals surface area contributed by atoms with Crippen LogP contribution in [0.4, 0.5) is 0 Å². The monoisotopic (exact) mass is 381 g/mol. The molecule has 0 spiro atoms. The fourth-order valence-electron chi connectivity index (χ4n) is 3.56. The molecule has 0 bridgehead atoms. The summed E-state index contributed by atoms with van der Waals surface area (Å²) in [6.07, 6.45) is 4.20. The number of sulfonamides is 1. The lowest BCUT2D eigenvalue weighted by Crippen LogP contribution is -2.25. The molecule has 0 amide bonds. The lowest BCUT2D eigenvalue weighted by molar-refractivity contribution is 0.578. The molecule has 6 heteroatoms. The predicted octanol–water partition coefficient (Wildman–Crippen LogP) is 3.54. The van der Waals surface area contributed by atoms with Crippen LogP contribution in [0.5, 0.6) is 0 Å². The first-order valence-corrected chi connectivity index (χ1v) is 10.7. The van der Waals surface area contributed by atoms with Gasteiger partial charge in [0.2, 0.25) is 10.0 Å². The van der Waals surface area contributed by atoms with E-state index in [1.165, 1.54) is 5.69 Å². The van der Waals surface area contributed by atoms with Gasteiger partial charge in [-0.3, -0.25) is 4.57 Å². The van der Waals surface area contributed by atoms with E-state index in [1.54, 1.807) is 24.3 Å². The van der Waals surface area contributed by atoms with Gasteiger partial charge in [0.05, 0.1) is 17.1 Å². The average Bonchev–Trinajstić information content (AvgIpc) is 3.06. The highest BCUT2D eigenvalue weighted by atomic mass is 32.2. The minimum absolute atomic E-state index is 0.165. The maximum atomic E-state index is 12.7. The summed E-state index contributed by atoms with van der Waals surface area (Å²) >= 11 is 0. The van der Waals surface area contributed by atoms with Gasteiger partial charge in [-0.05, 0) is 56.9 Å². The molecule has 1 aromatic heterocycles. The third kappa shape index (κ3) is 3.68. The fourth-order valence-corrected chi connectivity index (χ4v) is 4.54. The molecule has 0 fully saturated rings. The highest BCUT2D eigenvalue weighted by Crippen LogP contribution is 2.26. The summed E-state index contributed by atoms with van der Waals surface area (Å²) in [7, 11) is -3.58. The van der Waals surface area contributed by atoms with Gasteiger partial charge in [0.15, 0.2) is 0 Å². The van der Waals surface area contributed by atoms with Crippen LogP contribution in [0.1, 0.15) is 35.6 Å². The Bertz CT molecular complexity index is 1040. The van der Waals surface area contributed by atoms with Crippen molar-refractivity contribution in [3.8, 4) is 5.69 Å². The van der Waals surface area contributed by atoms with E-state index in [9.17, 15) is 8.42 Å². The molecule has 1 heterocycles. The molecule has 1 aliphatic rings. The minimum Gasteiger partial charge on any atom is -0.299 e. The standard InChI is InChI=1S/C21H23N3O2S/c1-16-11-13-18(14-12-16)27(25,26)22-15-21-23-19-9-5-6-10-20(19)24(21)17-7-3-2-4-8-17/h2-4,7-8,11-14,22H,5-6,9-10,15H2,1H3. The molecule has 0 aliphatic heterocycles. The average molecular weight is 382 g/mol. The first kappa shape index (κ1) is 17.9. The zero-order valence-corrected chi connectivity index (χ0v) is 16.2. The Morgan fingerprint density at radius 2 is 1.70 bits per heavy atom. The zero-order chi connectivity index (χ0) is 18.9. The van der Waals surface area contributed by atoms with Gasteiger partial charge < -0.3 is 0 Å². The van der Waals surface area contributed by atoms with Crippen LogP contribution in [-0.4, -0.2) is 18.0 Å². The number of rotatable bonds is 5. The normalized spacial score (nSPS) is 14.1. The van der Waals surface area contributed by atoms with Gasteiger partial charge in [-0.15, -0.1) is 0 Å². The van der Waals surface area contributed by atoms with Crippen molar-refractivity contribution in [1.82, 2.24) is 14.3 Å². The predicted molar refractivity (Wildman–Crippen MR) is 105 cm³/mol. The van der Waals surface area contributed by atoms with Crippen LogP contribution >= 0.6 is 0 Å². The summed E-state index contributed by atoms with van der Waals surface area (Å²) < 4.78 is 30.2. The van der Waals surface area contributed by atoms with Crippen LogP contribution in [0.3, 0.4) is 0 Å². The second-order valence-electron chi connectivity index (χ2n) is 6.94. The number of benzene rings is 2. The molecular formula is C21H23N3O2S. The van der Waals surface area contributed by atoms with Gasteiger partial charge in [-0.25, -0.2) is 18.1 Å². The van der Waals surface area contributed by atoms with Crippen molar-refractivity contribution in [3.63, 3.8) is 0 Å². The summed E-state index contributed by atoms with van der Waals surface area (Å²) in [5.74, 6) is 0.740. The molecule has 4 rings (SSSR count). The Morgan fingerprint density at radius 1 is 1.00 bits per heavy atom. The first-order chi connectivity index (χ1) is 13.0. The van der Waals surface area contributed by atoms with E-state index in [0.717, 1.165) is 48.5 Å². The Labute approximate surface area is 160 Å². The number of imidazole rings is 1. The molecule has 27 heavy (non-hydrogen) atoms. The number of aryl methyl sites for hydroxylation is 2. The van der Waals surface area contributed by atoms with E-state index < -0.39 is 10.0 Å². The zero-order valence-electron chi connectivity index (χ0n) is 15.4. The number of nitrogens with zero attached hydrogens (tertiary/aromatic N) is 2. The summed E-state index contributed by atoms with van der Waals surface area (Å²) in [5, 5.41) is 0. The van der Waals surface area contributed by atoms with E-state index in [4.69, 9.17) is 4.98 Å². The van der Waals surface area contributed by atoms with E-state index in [0.29, 0.717) is 0 Å². The Morgan fingerprint density at radius 3 is 2.44 bits per heavy atom. The second kappa shape index (κ2) is 7.29. The quantitative estimate of drug-likeness (QED) is 0.735. The summed E-state index contributed by atoms with van der Waals surface area (Å²) in [5.41, 5.74) is 4.35. The van der Waals surface area contributed by atoms with Gasteiger partial charge in [-0.1, -0.05) is 35.9 Å². The van der Waals surface area contributed by atoms with Gasteiger partial charge in [0, 0.05) is 11.4 Å². The van der Waals surface area contributed by atoms with Crippen LogP contribution in [0, 0.1) is 6.92 Å². The maximum Gasteiger partial charge on any atom is 0.240 e. The molecular weight excluding hydrogens is 358 g/mol. The third-order valence-corrected chi connectivity index (χ3v) is 6.39. The lowest BCUT2D eigenvalue weighted by Gasteiger charge is -2.15. The van der Waals surface area contributed by atoms with Crippen LogP contribution < -0.4 is 4.72 Å². The fraction of sp³-hybridized carbons (Fsp3) is 0.286. The Balaban J connectivity index is 1.66. The van der Waals surface area contributed by atoms with Crippen molar-refractivity contribution in [2.45, 2.75) is 44.0 Å². The van der Waals surface area contributed by atoms with Crippen molar-refractivity contribution < 1.29 is 8.42 Å². The largest absolute Gasteiger partial charge is 0.299 e. The molecule has 0 atom stereocenters. The highest BCUT2D eigenvalue weighted by Gasteiger charge is 2.22. The van der Waals surface area contributed by atoms with Crippen molar-refractivity contribution in [1.29, 1.82) is 0 Å². The number of para-hydroxylation sites is 1. The maximum absolute atomic E-state index is 12.7. The topological polar surface area (TPSA) is 64.0 Å². The molecule has 140 valence electrons. The van der Waals surface area contributed by atoms with Crippen molar-refractivity contribution >= 4 is 10.0 Å². The molecule has 1 aliphatic carbocycles. The molecule has 0 saturated heterocycles. The van der Waals surface area contributed by atoms with Crippen molar-refractivity contribution in [2.75, 3.05) is 0 Å². The Hall–Kier alpha value is -2.44. The summed E-state index contributed by atoms with van der Waals surface area (Å²) in [6.45, 7) is 2.10. The van der Waals surface area contributed by atoms with Gasteiger partial charge >= 0.3 is 0 Å². The number of hydrogen-bond acceptors (Lipinski definition) is 3. The molecule has 0 unspecified atom stereocenters. The number of aromatic nitrogens is 2. The summed E-state index contributed by atoms with van der Waals surface area (Å²) in [4.78, 5) is 5.05. The molecule has 0 radical (unpaired) electrons. The summed E-state index contributed by atoms with van der Waals surface area (Å²) in [6, 6.07) is 16.9. The lowest BCUT2D eigenvalue weighted by atomic mass is 10.0. The molecule has 2 aromatic carbocycles. The van der Waals surface area contributed by atoms with Crippen molar-refractivity contribution in [3.05, 3.63) is 77.4 Å². The van der Waals surface area contributed by atoms with Crippen LogP contribution in [-0.2, 0) is 29.4 Å². The number of hydrogen-bond donors (Lipinski definition) is 1. The van der Waals surface area contributed by atoms with E-state index in [1.807, 2.05) is 37.3 Å². The highest BCUT2D eigenvalue weighted by molar-refractivity contribution is 7.89. The Kier molecular flexibility index (Phi) is 4.85. The molecule has 0 saturated carbocycles. The first-order valence-electron chi connectivity index (χ1n) is 9.26. The van der Waals surface area contributed by atoms with E-state index in [-0.39, 0.29) is 11.4 Å². The SMILES string of the molecule is Cc1ccc(S(=O)(=O)NCc2nc3c(n2-c2ccccc2)CCCC3)cc1. The van der Waals surface area contributed by atoms with Gasteiger partial charge in [0.25, 0.3) is 0 Å². The van der Waals surface area contributed by atoms with Crippen LogP contribution in [0.2, 0.25) is 0 Å². The van der Waals surface area contributed by atoms with E-state index in [2.05, 4.69) is 9.29 Å². The molecule has 3 aromatic rings. The van der Waals surface area contributed by atoms with E-state index >= 15 is 0 Å². The van der Waals surface area contributed by atoms with Crippen LogP contribution in [0.15, 0.2) is 59.5 Å².